The van der Waals surface area contributed by atoms with Crippen molar-refractivity contribution in [2.75, 3.05) is 34.5 Å². The topological polar surface area (TPSA) is 87.4 Å². The first-order chi connectivity index (χ1) is 16.1. The molecule has 1 aromatic heterocycles. The minimum absolute atomic E-state index is 0.0652. The number of carbonyl (C=O) groups is 1. The van der Waals surface area contributed by atoms with Crippen LogP contribution in [0.3, 0.4) is 0 Å². The molecule has 1 saturated heterocycles. The van der Waals surface area contributed by atoms with Crippen LogP contribution in [0.25, 0.3) is 11.0 Å². The van der Waals surface area contributed by atoms with Crippen molar-refractivity contribution in [2.45, 2.75) is 25.0 Å². The summed E-state index contributed by atoms with van der Waals surface area (Å²) in [6.45, 7) is 1.01. The van der Waals surface area contributed by atoms with Gasteiger partial charge in [-0.1, -0.05) is 12.1 Å². The number of carbonyl (C=O) groups excluding carboxylic acids is 1. The number of amides is 1. The molecule has 3 aromatic rings. The standard InChI is InChI=1S/C25H25NO7/c1-29-18-11-14(12-19(30-2)23(18)31-3)21-20-22(27)16-8-4-5-9-17(16)33-24(20)25(28)26(21)13-15-7-6-10-32-15/h4-5,8-9,11-12,15,21H,6-7,10,13H2,1-3H3/t15-,21-/m1/s1. The third-order valence-electron chi connectivity index (χ3n) is 6.30. The first-order valence-electron chi connectivity index (χ1n) is 10.9. The number of fused-ring (bicyclic) bond motifs is 2. The summed E-state index contributed by atoms with van der Waals surface area (Å²) in [6.07, 6.45) is 1.69. The van der Waals surface area contributed by atoms with Gasteiger partial charge in [-0.2, -0.15) is 0 Å². The maximum Gasteiger partial charge on any atom is 0.291 e. The van der Waals surface area contributed by atoms with Gasteiger partial charge >= 0.3 is 0 Å². The zero-order valence-corrected chi connectivity index (χ0v) is 18.8. The highest BCUT2D eigenvalue weighted by molar-refractivity contribution is 5.99. The summed E-state index contributed by atoms with van der Waals surface area (Å²) in [5.74, 6) is 1.05. The number of para-hydroxylation sites is 1. The molecule has 0 unspecified atom stereocenters. The van der Waals surface area contributed by atoms with E-state index in [1.54, 1.807) is 41.3 Å². The summed E-state index contributed by atoms with van der Waals surface area (Å²) in [7, 11) is 4.58. The Bertz CT molecular complexity index is 1250. The SMILES string of the molecule is COc1cc([C@@H]2c3c(oc4ccccc4c3=O)C(=O)N2C[C@H]2CCCO2)cc(OC)c1OC. The van der Waals surface area contributed by atoms with Gasteiger partial charge in [0.1, 0.15) is 5.58 Å². The highest BCUT2D eigenvalue weighted by Crippen LogP contribution is 2.45. The van der Waals surface area contributed by atoms with Gasteiger partial charge in [0, 0.05) is 13.2 Å². The van der Waals surface area contributed by atoms with Gasteiger partial charge in [-0.15, -0.1) is 0 Å². The Hall–Kier alpha value is -3.52. The Balaban J connectivity index is 1.73. The number of hydrogen-bond donors (Lipinski definition) is 0. The largest absolute Gasteiger partial charge is 0.493 e. The first kappa shape index (κ1) is 21.3. The average Bonchev–Trinajstić information content (AvgIpc) is 3.45. The molecule has 0 saturated carbocycles. The molecule has 8 heteroatoms. The van der Waals surface area contributed by atoms with Crippen molar-refractivity contribution in [3.05, 3.63) is 63.5 Å². The Morgan fingerprint density at radius 2 is 1.76 bits per heavy atom. The highest BCUT2D eigenvalue weighted by Gasteiger charge is 2.44. The van der Waals surface area contributed by atoms with Crippen LogP contribution in [-0.4, -0.2) is 51.4 Å². The lowest BCUT2D eigenvalue weighted by atomic mass is 9.97. The highest BCUT2D eigenvalue weighted by atomic mass is 16.5. The molecule has 0 bridgehead atoms. The van der Waals surface area contributed by atoms with Crippen LogP contribution >= 0.6 is 0 Å². The number of methoxy groups -OCH3 is 3. The lowest BCUT2D eigenvalue weighted by Crippen LogP contribution is -2.36. The molecule has 0 aliphatic carbocycles. The van der Waals surface area contributed by atoms with Crippen LogP contribution in [0, 0.1) is 0 Å². The second-order valence-electron chi connectivity index (χ2n) is 8.12. The van der Waals surface area contributed by atoms with Crippen molar-refractivity contribution in [1.82, 2.24) is 4.90 Å². The van der Waals surface area contributed by atoms with Gasteiger partial charge in [-0.05, 0) is 42.7 Å². The summed E-state index contributed by atoms with van der Waals surface area (Å²) >= 11 is 0. The van der Waals surface area contributed by atoms with Gasteiger partial charge in [0.2, 0.25) is 11.5 Å². The minimum atomic E-state index is -0.675. The molecule has 2 aliphatic rings. The summed E-state index contributed by atoms with van der Waals surface area (Å²) in [4.78, 5) is 28.8. The van der Waals surface area contributed by atoms with E-state index in [-0.39, 0.29) is 23.2 Å². The Kier molecular flexibility index (Phi) is 5.46. The molecule has 5 rings (SSSR count). The number of nitrogens with zero attached hydrogens (tertiary/aromatic N) is 1. The van der Waals surface area contributed by atoms with Crippen molar-refractivity contribution < 1.29 is 28.2 Å². The minimum Gasteiger partial charge on any atom is -0.493 e. The predicted molar refractivity (Wildman–Crippen MR) is 120 cm³/mol. The zero-order chi connectivity index (χ0) is 23.1. The van der Waals surface area contributed by atoms with Gasteiger partial charge < -0.3 is 28.3 Å². The first-order valence-corrected chi connectivity index (χ1v) is 10.9. The lowest BCUT2D eigenvalue weighted by molar-refractivity contribution is 0.0486. The summed E-state index contributed by atoms with van der Waals surface area (Å²) in [5.41, 5.74) is 1.13. The van der Waals surface area contributed by atoms with E-state index >= 15 is 0 Å². The van der Waals surface area contributed by atoms with E-state index in [4.69, 9.17) is 23.4 Å². The van der Waals surface area contributed by atoms with E-state index < -0.39 is 6.04 Å². The van der Waals surface area contributed by atoms with Gasteiger partial charge in [0.25, 0.3) is 5.91 Å². The molecule has 2 atom stereocenters. The maximum atomic E-state index is 13.6. The van der Waals surface area contributed by atoms with E-state index in [1.807, 2.05) is 0 Å². The van der Waals surface area contributed by atoms with Crippen LogP contribution in [0.15, 0.2) is 45.6 Å². The van der Waals surface area contributed by atoms with Crippen molar-refractivity contribution in [1.29, 1.82) is 0 Å². The van der Waals surface area contributed by atoms with Gasteiger partial charge in [0.15, 0.2) is 16.9 Å². The predicted octanol–water partition coefficient (Wildman–Crippen LogP) is 3.54. The van der Waals surface area contributed by atoms with E-state index in [1.165, 1.54) is 21.3 Å². The van der Waals surface area contributed by atoms with Crippen LogP contribution < -0.4 is 19.6 Å². The van der Waals surface area contributed by atoms with Crippen molar-refractivity contribution >= 4 is 16.9 Å². The van der Waals surface area contributed by atoms with Crippen LogP contribution in [0.1, 0.15) is 40.6 Å². The van der Waals surface area contributed by atoms with Crippen LogP contribution in [0.2, 0.25) is 0 Å². The molecule has 1 amide bonds. The molecule has 33 heavy (non-hydrogen) atoms. The molecular formula is C25H25NO7. The Labute approximate surface area is 190 Å². The molecule has 1 fully saturated rings. The van der Waals surface area contributed by atoms with Crippen LogP contribution in [0.5, 0.6) is 17.2 Å². The third-order valence-corrected chi connectivity index (χ3v) is 6.30. The third kappa shape index (κ3) is 3.41. The Morgan fingerprint density at radius 3 is 2.39 bits per heavy atom. The fourth-order valence-electron chi connectivity index (χ4n) is 4.77. The molecule has 0 N–H and O–H groups in total. The molecule has 3 heterocycles. The molecule has 0 radical (unpaired) electrons. The van der Waals surface area contributed by atoms with E-state index in [2.05, 4.69) is 0 Å². The number of ether oxygens (including phenoxy) is 4. The molecule has 2 aliphatic heterocycles. The lowest BCUT2D eigenvalue weighted by Gasteiger charge is -2.28. The Morgan fingerprint density at radius 1 is 1.03 bits per heavy atom. The van der Waals surface area contributed by atoms with E-state index in [9.17, 15) is 9.59 Å². The van der Waals surface area contributed by atoms with E-state index in [0.29, 0.717) is 52.5 Å². The smallest absolute Gasteiger partial charge is 0.291 e. The van der Waals surface area contributed by atoms with Gasteiger partial charge in [-0.25, -0.2) is 0 Å². The molecule has 8 nitrogen and oxygen atoms in total. The fourth-order valence-corrected chi connectivity index (χ4v) is 4.77. The number of hydrogen-bond acceptors (Lipinski definition) is 7. The zero-order valence-electron chi connectivity index (χ0n) is 18.8. The average molecular weight is 451 g/mol. The van der Waals surface area contributed by atoms with Crippen molar-refractivity contribution in [3.8, 4) is 17.2 Å². The molecule has 2 aromatic carbocycles. The fraction of sp³-hybridized carbons (Fsp3) is 0.360. The molecule has 172 valence electrons. The van der Waals surface area contributed by atoms with Crippen molar-refractivity contribution in [3.63, 3.8) is 0 Å². The number of rotatable bonds is 6. The summed E-state index contributed by atoms with van der Waals surface area (Å²) in [5, 5.41) is 0.431. The van der Waals surface area contributed by atoms with E-state index in [0.717, 1.165) is 12.8 Å². The second-order valence-corrected chi connectivity index (χ2v) is 8.12. The van der Waals surface area contributed by atoms with Gasteiger partial charge in [0.05, 0.1) is 44.4 Å². The molecule has 0 spiro atoms. The summed E-state index contributed by atoms with van der Waals surface area (Å²) in [6, 6.07) is 9.82. The molecular weight excluding hydrogens is 426 g/mol. The van der Waals surface area contributed by atoms with Crippen LogP contribution in [-0.2, 0) is 4.74 Å². The van der Waals surface area contributed by atoms with Crippen molar-refractivity contribution in [2.24, 2.45) is 0 Å². The second kappa shape index (κ2) is 8.44. The van der Waals surface area contributed by atoms with Crippen LogP contribution in [0.4, 0.5) is 0 Å². The summed E-state index contributed by atoms with van der Waals surface area (Å²) < 4.78 is 28.3. The monoisotopic (exact) mass is 451 g/mol. The normalized spacial score (nSPS) is 19.7. The van der Waals surface area contributed by atoms with Gasteiger partial charge in [-0.3, -0.25) is 9.59 Å². The number of benzene rings is 2. The quantitative estimate of drug-likeness (QED) is 0.566. The maximum absolute atomic E-state index is 13.6.